The van der Waals surface area contributed by atoms with Crippen LogP contribution in [-0.2, 0) is 18.4 Å². The molecule has 0 saturated heterocycles. The molecule has 0 unspecified atom stereocenters. The van der Waals surface area contributed by atoms with Crippen LogP contribution in [0.25, 0.3) is 0 Å². The van der Waals surface area contributed by atoms with E-state index in [2.05, 4.69) is 5.10 Å². The summed E-state index contributed by atoms with van der Waals surface area (Å²) in [5, 5.41) is 4.04. The third-order valence-electron chi connectivity index (χ3n) is 3.05. The number of halogens is 1. The number of esters is 1. The second-order valence-corrected chi connectivity index (χ2v) is 4.52. The molecule has 0 saturated carbocycles. The fourth-order valence-corrected chi connectivity index (χ4v) is 1.93. The number of nitrogens with zero attached hydrogens (tertiary/aromatic N) is 2. The number of nitrogens with two attached hydrogens (primary N) is 1. The van der Waals surface area contributed by atoms with Gasteiger partial charge in [0.15, 0.2) is 17.3 Å². The maximum absolute atomic E-state index is 13.5. The Labute approximate surface area is 121 Å². The lowest BCUT2D eigenvalue weighted by Gasteiger charge is -2.07. The Morgan fingerprint density at radius 3 is 2.71 bits per heavy atom. The first-order valence-electron chi connectivity index (χ1n) is 6.22. The van der Waals surface area contributed by atoms with E-state index in [0.717, 1.165) is 0 Å². The Balaban J connectivity index is 2.09. The van der Waals surface area contributed by atoms with Gasteiger partial charge in [0.25, 0.3) is 0 Å². The van der Waals surface area contributed by atoms with Crippen molar-refractivity contribution >= 4 is 11.7 Å². The topological polar surface area (TPSA) is 79.4 Å². The van der Waals surface area contributed by atoms with Crippen molar-refractivity contribution in [2.24, 2.45) is 7.05 Å². The number of carbonyl (C=O) groups is 1. The Bertz CT molecular complexity index is 682. The van der Waals surface area contributed by atoms with Crippen LogP contribution in [0.5, 0.6) is 5.75 Å². The number of aryl methyl sites for hydroxylation is 2. The van der Waals surface area contributed by atoms with Crippen LogP contribution >= 0.6 is 0 Å². The maximum Gasteiger partial charge on any atom is 0.359 e. The van der Waals surface area contributed by atoms with Crippen LogP contribution in [0.15, 0.2) is 18.2 Å². The van der Waals surface area contributed by atoms with Gasteiger partial charge in [0.2, 0.25) is 0 Å². The molecule has 1 aromatic heterocycles. The third-order valence-corrected chi connectivity index (χ3v) is 3.05. The molecule has 21 heavy (non-hydrogen) atoms. The molecule has 0 amide bonds. The highest BCUT2D eigenvalue weighted by Gasteiger charge is 2.19. The molecule has 0 aliphatic carbocycles. The summed E-state index contributed by atoms with van der Waals surface area (Å²) in [7, 11) is 2.98. The monoisotopic (exact) mass is 293 g/mol. The summed E-state index contributed by atoms with van der Waals surface area (Å²) in [6, 6.07) is 4.35. The Hall–Kier alpha value is -2.57. The van der Waals surface area contributed by atoms with Crippen LogP contribution in [0.4, 0.5) is 10.1 Å². The molecular weight excluding hydrogens is 277 g/mol. The molecule has 2 rings (SSSR count). The molecular formula is C14H16FN3O3. The van der Waals surface area contributed by atoms with Gasteiger partial charge in [0.05, 0.1) is 18.5 Å². The molecule has 0 fully saturated rings. The average Bonchev–Trinajstić information content (AvgIpc) is 2.70. The zero-order valence-corrected chi connectivity index (χ0v) is 12.0. The molecule has 7 heteroatoms. The standard InChI is InChI=1S/C14H16FN3O3/c1-8-12(16)13(18(2)17-8)14(19)21-7-9-4-5-11(20-3)10(15)6-9/h4-6H,7,16H2,1-3H3. The SMILES string of the molecule is COc1ccc(COC(=O)c2c(N)c(C)nn2C)cc1F. The summed E-state index contributed by atoms with van der Waals surface area (Å²) in [5.74, 6) is -0.981. The lowest BCUT2D eigenvalue weighted by Crippen LogP contribution is -2.12. The number of rotatable bonds is 4. The van der Waals surface area contributed by atoms with Crippen molar-refractivity contribution in [2.75, 3.05) is 12.8 Å². The van der Waals surface area contributed by atoms with Gasteiger partial charge < -0.3 is 15.2 Å². The molecule has 1 aromatic carbocycles. The van der Waals surface area contributed by atoms with Gasteiger partial charge in [-0.05, 0) is 24.6 Å². The molecule has 2 N–H and O–H groups in total. The lowest BCUT2D eigenvalue weighted by molar-refractivity contribution is 0.0460. The van der Waals surface area contributed by atoms with Gasteiger partial charge in [-0.15, -0.1) is 0 Å². The molecule has 0 aliphatic heterocycles. The van der Waals surface area contributed by atoms with Crippen molar-refractivity contribution in [2.45, 2.75) is 13.5 Å². The fraction of sp³-hybridized carbons (Fsp3) is 0.286. The summed E-state index contributed by atoms with van der Waals surface area (Å²) in [6.45, 7) is 1.63. The molecule has 0 bridgehead atoms. The molecule has 1 heterocycles. The number of benzene rings is 1. The van der Waals surface area contributed by atoms with Crippen LogP contribution in [0.3, 0.4) is 0 Å². The highest BCUT2D eigenvalue weighted by atomic mass is 19.1. The second-order valence-electron chi connectivity index (χ2n) is 4.52. The zero-order valence-electron chi connectivity index (χ0n) is 12.0. The minimum Gasteiger partial charge on any atom is -0.494 e. The van der Waals surface area contributed by atoms with Crippen LogP contribution in [0.2, 0.25) is 0 Å². The Morgan fingerprint density at radius 1 is 1.48 bits per heavy atom. The summed E-state index contributed by atoms with van der Waals surface area (Å²) in [5.41, 5.74) is 7.31. The molecule has 0 aliphatic rings. The predicted octanol–water partition coefficient (Wildman–Crippen LogP) is 1.82. The van der Waals surface area contributed by atoms with Crippen molar-refractivity contribution in [1.82, 2.24) is 9.78 Å². The first-order valence-corrected chi connectivity index (χ1v) is 6.22. The average molecular weight is 293 g/mol. The minimum atomic E-state index is -0.605. The molecule has 112 valence electrons. The van der Waals surface area contributed by atoms with E-state index in [-0.39, 0.29) is 23.7 Å². The number of nitrogen functional groups attached to an aromatic ring is 1. The zero-order chi connectivity index (χ0) is 15.6. The molecule has 6 nitrogen and oxygen atoms in total. The predicted molar refractivity (Wildman–Crippen MR) is 74.4 cm³/mol. The summed E-state index contributed by atoms with van der Waals surface area (Å²) in [6.07, 6.45) is 0. The van der Waals surface area contributed by atoms with E-state index < -0.39 is 11.8 Å². The highest BCUT2D eigenvalue weighted by molar-refractivity contribution is 5.93. The summed E-state index contributed by atoms with van der Waals surface area (Å²) in [4.78, 5) is 12.0. The Morgan fingerprint density at radius 2 is 2.19 bits per heavy atom. The first-order chi connectivity index (χ1) is 9.93. The van der Waals surface area contributed by atoms with Gasteiger partial charge in [-0.3, -0.25) is 4.68 Å². The number of methoxy groups -OCH3 is 1. The van der Waals surface area contributed by atoms with Gasteiger partial charge in [0, 0.05) is 7.05 Å². The van der Waals surface area contributed by atoms with Gasteiger partial charge in [-0.1, -0.05) is 6.07 Å². The number of aromatic nitrogens is 2. The number of carbonyl (C=O) groups excluding carboxylic acids is 1. The third kappa shape index (κ3) is 2.96. The normalized spacial score (nSPS) is 10.5. The number of hydrogen-bond acceptors (Lipinski definition) is 5. The minimum absolute atomic E-state index is 0.0661. The van der Waals surface area contributed by atoms with Crippen molar-refractivity contribution in [1.29, 1.82) is 0 Å². The van der Waals surface area contributed by atoms with Crippen LogP contribution in [-0.4, -0.2) is 22.9 Å². The number of ether oxygens (including phenoxy) is 2. The number of hydrogen-bond donors (Lipinski definition) is 1. The fourth-order valence-electron chi connectivity index (χ4n) is 1.93. The molecule has 0 radical (unpaired) electrons. The van der Waals surface area contributed by atoms with E-state index >= 15 is 0 Å². The first kappa shape index (κ1) is 14.8. The summed E-state index contributed by atoms with van der Waals surface area (Å²) < 4.78 is 24.8. The van der Waals surface area contributed by atoms with Crippen LogP contribution in [0.1, 0.15) is 21.7 Å². The smallest absolute Gasteiger partial charge is 0.359 e. The van der Waals surface area contributed by atoms with Gasteiger partial charge in [-0.2, -0.15) is 5.10 Å². The van der Waals surface area contributed by atoms with Crippen LogP contribution < -0.4 is 10.5 Å². The van der Waals surface area contributed by atoms with E-state index in [4.69, 9.17) is 15.2 Å². The Kier molecular flexibility index (Phi) is 4.11. The van der Waals surface area contributed by atoms with E-state index in [9.17, 15) is 9.18 Å². The van der Waals surface area contributed by atoms with Crippen LogP contribution in [0, 0.1) is 12.7 Å². The van der Waals surface area contributed by atoms with E-state index in [1.807, 2.05) is 0 Å². The van der Waals surface area contributed by atoms with Crippen molar-refractivity contribution in [3.05, 3.63) is 41.0 Å². The lowest BCUT2D eigenvalue weighted by atomic mass is 10.2. The maximum atomic E-state index is 13.5. The van der Waals surface area contributed by atoms with Gasteiger partial charge >= 0.3 is 5.97 Å². The van der Waals surface area contributed by atoms with Gasteiger partial charge in [0.1, 0.15) is 6.61 Å². The quantitative estimate of drug-likeness (QED) is 0.870. The molecule has 0 atom stereocenters. The van der Waals surface area contributed by atoms with E-state index in [0.29, 0.717) is 11.3 Å². The molecule has 0 spiro atoms. The van der Waals surface area contributed by atoms with Crippen molar-refractivity contribution in [3.8, 4) is 5.75 Å². The number of anilines is 1. The highest BCUT2D eigenvalue weighted by Crippen LogP contribution is 2.20. The van der Waals surface area contributed by atoms with E-state index in [1.54, 1.807) is 20.0 Å². The van der Waals surface area contributed by atoms with Crippen molar-refractivity contribution < 1.29 is 18.7 Å². The second kappa shape index (κ2) is 5.82. The molecule has 2 aromatic rings. The largest absolute Gasteiger partial charge is 0.494 e. The summed E-state index contributed by atoms with van der Waals surface area (Å²) >= 11 is 0. The van der Waals surface area contributed by atoms with Gasteiger partial charge in [-0.25, -0.2) is 9.18 Å². The van der Waals surface area contributed by atoms with E-state index in [1.165, 1.54) is 23.9 Å². The van der Waals surface area contributed by atoms with Crippen molar-refractivity contribution in [3.63, 3.8) is 0 Å².